The average Bonchev–Trinajstić information content (AvgIpc) is 2.41. The minimum Gasteiger partial charge on any atom is -0.481 e. The summed E-state index contributed by atoms with van der Waals surface area (Å²) in [4.78, 5) is 13.8. The SMILES string of the molecule is O=C(O)C12CCC(CN3CCNCC3)(CC1)OC2. The molecule has 0 aromatic rings. The van der Waals surface area contributed by atoms with Gasteiger partial charge in [0.2, 0.25) is 0 Å². The fourth-order valence-electron chi connectivity index (χ4n) is 3.52. The van der Waals surface area contributed by atoms with Crippen molar-refractivity contribution in [3.05, 3.63) is 0 Å². The first-order valence-corrected chi connectivity index (χ1v) is 6.95. The zero-order valence-electron chi connectivity index (χ0n) is 10.8. The summed E-state index contributed by atoms with van der Waals surface area (Å²) in [7, 11) is 0. The van der Waals surface area contributed by atoms with Crippen LogP contribution in [-0.4, -0.2) is 60.9 Å². The van der Waals surface area contributed by atoms with E-state index in [4.69, 9.17) is 4.74 Å². The second kappa shape index (κ2) is 4.47. The zero-order chi connectivity index (χ0) is 12.6. The lowest BCUT2D eigenvalue weighted by Gasteiger charge is -2.52. The molecule has 1 aliphatic carbocycles. The van der Waals surface area contributed by atoms with E-state index in [1.54, 1.807) is 0 Å². The molecule has 3 heterocycles. The molecule has 0 aromatic heterocycles. The third-order valence-electron chi connectivity index (χ3n) is 4.95. The van der Waals surface area contributed by atoms with Gasteiger partial charge in [-0.3, -0.25) is 9.69 Å². The van der Waals surface area contributed by atoms with Crippen LogP contribution in [0.5, 0.6) is 0 Å². The van der Waals surface area contributed by atoms with E-state index in [9.17, 15) is 9.90 Å². The quantitative estimate of drug-likeness (QED) is 0.759. The molecule has 0 aromatic carbocycles. The van der Waals surface area contributed by atoms with Crippen molar-refractivity contribution in [1.29, 1.82) is 0 Å². The highest BCUT2D eigenvalue weighted by Gasteiger charge is 2.54. The van der Waals surface area contributed by atoms with Gasteiger partial charge in [0.1, 0.15) is 0 Å². The standard InChI is InChI=1S/C13H22N2O3/c16-11(17)12-1-3-13(4-2-12,18-10-12)9-15-7-5-14-6-8-15/h14H,1-10H2,(H,16,17). The Balaban J connectivity index is 1.63. The smallest absolute Gasteiger partial charge is 0.311 e. The third-order valence-corrected chi connectivity index (χ3v) is 4.95. The van der Waals surface area contributed by atoms with Crippen LogP contribution in [0.3, 0.4) is 0 Å². The molecule has 5 nitrogen and oxygen atoms in total. The first-order valence-electron chi connectivity index (χ1n) is 6.95. The molecular weight excluding hydrogens is 232 g/mol. The summed E-state index contributed by atoms with van der Waals surface area (Å²) in [6, 6.07) is 0. The number of piperazine rings is 1. The lowest BCUT2D eigenvalue weighted by Crippen LogP contribution is -2.60. The second-order valence-corrected chi connectivity index (χ2v) is 6.08. The molecule has 4 aliphatic rings. The highest BCUT2D eigenvalue weighted by molar-refractivity contribution is 5.75. The number of ether oxygens (including phenoxy) is 1. The van der Waals surface area contributed by atoms with Crippen LogP contribution in [0.15, 0.2) is 0 Å². The van der Waals surface area contributed by atoms with Gasteiger partial charge in [0.25, 0.3) is 0 Å². The van der Waals surface area contributed by atoms with Crippen LogP contribution < -0.4 is 5.32 Å². The number of aliphatic carboxylic acids is 1. The van der Waals surface area contributed by atoms with Crippen molar-refractivity contribution in [1.82, 2.24) is 10.2 Å². The number of nitrogens with zero attached hydrogens (tertiary/aromatic N) is 1. The Bertz CT molecular complexity index is 315. The Morgan fingerprint density at radius 2 is 1.89 bits per heavy atom. The van der Waals surface area contributed by atoms with E-state index in [-0.39, 0.29) is 5.60 Å². The van der Waals surface area contributed by atoms with Gasteiger partial charge in [-0.05, 0) is 25.7 Å². The molecule has 3 saturated heterocycles. The number of rotatable bonds is 3. The van der Waals surface area contributed by atoms with Crippen molar-refractivity contribution >= 4 is 5.97 Å². The first-order chi connectivity index (χ1) is 8.64. The van der Waals surface area contributed by atoms with Crippen molar-refractivity contribution in [2.24, 2.45) is 5.41 Å². The van der Waals surface area contributed by atoms with Gasteiger partial charge in [-0.2, -0.15) is 0 Å². The number of carboxylic acid groups (broad SMARTS) is 1. The van der Waals surface area contributed by atoms with Gasteiger partial charge in [0.05, 0.1) is 17.6 Å². The summed E-state index contributed by atoms with van der Waals surface area (Å²) < 4.78 is 5.99. The second-order valence-electron chi connectivity index (χ2n) is 6.08. The minimum absolute atomic E-state index is 0.0610. The van der Waals surface area contributed by atoms with E-state index in [1.165, 1.54) is 0 Å². The highest BCUT2D eigenvalue weighted by atomic mass is 16.5. The maximum atomic E-state index is 11.3. The Morgan fingerprint density at radius 3 is 2.39 bits per heavy atom. The van der Waals surface area contributed by atoms with Crippen molar-refractivity contribution in [3.63, 3.8) is 0 Å². The van der Waals surface area contributed by atoms with Gasteiger partial charge in [-0.25, -0.2) is 0 Å². The highest BCUT2D eigenvalue weighted by Crippen LogP contribution is 2.49. The maximum absolute atomic E-state index is 11.3. The summed E-state index contributed by atoms with van der Waals surface area (Å²) in [5.41, 5.74) is -0.639. The molecule has 0 radical (unpaired) electrons. The molecule has 5 heteroatoms. The normalized spacial score (nSPS) is 40.9. The van der Waals surface area contributed by atoms with Crippen LogP contribution in [0.4, 0.5) is 0 Å². The van der Waals surface area contributed by atoms with Crippen LogP contribution in [0.25, 0.3) is 0 Å². The van der Waals surface area contributed by atoms with Crippen LogP contribution in [0.1, 0.15) is 25.7 Å². The number of nitrogens with one attached hydrogen (secondary N) is 1. The van der Waals surface area contributed by atoms with Gasteiger partial charge < -0.3 is 15.2 Å². The topological polar surface area (TPSA) is 61.8 Å². The Hall–Kier alpha value is -0.650. The molecule has 0 atom stereocenters. The molecule has 4 rings (SSSR count). The molecule has 1 saturated carbocycles. The Labute approximate surface area is 107 Å². The van der Waals surface area contributed by atoms with E-state index in [2.05, 4.69) is 10.2 Å². The lowest BCUT2D eigenvalue weighted by atomic mass is 9.66. The number of fused-ring (bicyclic) bond motifs is 3. The maximum Gasteiger partial charge on any atom is 0.311 e. The summed E-state index contributed by atoms with van der Waals surface area (Å²) in [5, 5.41) is 12.7. The third kappa shape index (κ3) is 2.04. The van der Waals surface area contributed by atoms with Crippen LogP contribution in [0.2, 0.25) is 0 Å². The molecule has 2 N–H and O–H groups in total. The fraction of sp³-hybridized carbons (Fsp3) is 0.923. The van der Waals surface area contributed by atoms with Crippen LogP contribution >= 0.6 is 0 Å². The Morgan fingerprint density at radius 1 is 1.22 bits per heavy atom. The Kier molecular flexibility index (Phi) is 3.08. The lowest BCUT2D eigenvalue weighted by molar-refractivity contribution is -0.206. The molecule has 3 aliphatic heterocycles. The summed E-state index contributed by atoms with van der Waals surface area (Å²) in [6.45, 7) is 5.65. The molecule has 2 bridgehead atoms. The van der Waals surface area contributed by atoms with Crippen LogP contribution in [-0.2, 0) is 9.53 Å². The van der Waals surface area contributed by atoms with E-state index >= 15 is 0 Å². The zero-order valence-corrected chi connectivity index (χ0v) is 10.8. The molecule has 102 valence electrons. The van der Waals surface area contributed by atoms with Gasteiger partial charge in [-0.15, -0.1) is 0 Å². The van der Waals surface area contributed by atoms with E-state index in [0.717, 1.165) is 58.4 Å². The molecule has 0 unspecified atom stereocenters. The monoisotopic (exact) mass is 254 g/mol. The van der Waals surface area contributed by atoms with E-state index in [1.807, 2.05) is 0 Å². The molecular formula is C13H22N2O3. The number of hydrogen-bond donors (Lipinski definition) is 2. The van der Waals surface area contributed by atoms with Crippen molar-refractivity contribution in [2.45, 2.75) is 31.3 Å². The van der Waals surface area contributed by atoms with Crippen LogP contribution in [0, 0.1) is 5.41 Å². The van der Waals surface area contributed by atoms with Gasteiger partial charge in [0.15, 0.2) is 0 Å². The predicted octanol–water partition coefficient (Wildman–Crippen LogP) is 0.306. The van der Waals surface area contributed by atoms with Gasteiger partial charge >= 0.3 is 5.97 Å². The molecule has 18 heavy (non-hydrogen) atoms. The summed E-state index contributed by atoms with van der Waals surface area (Å²) in [5.74, 6) is -0.669. The van der Waals surface area contributed by atoms with Crippen molar-refractivity contribution in [2.75, 3.05) is 39.3 Å². The predicted molar refractivity (Wildman–Crippen MR) is 66.5 cm³/mol. The molecule has 0 spiro atoms. The number of hydrogen-bond acceptors (Lipinski definition) is 4. The summed E-state index contributed by atoms with van der Waals surface area (Å²) >= 11 is 0. The average molecular weight is 254 g/mol. The minimum atomic E-state index is -0.669. The molecule has 4 fully saturated rings. The van der Waals surface area contributed by atoms with Crippen molar-refractivity contribution in [3.8, 4) is 0 Å². The first kappa shape index (κ1) is 12.4. The number of carbonyl (C=O) groups is 1. The van der Waals surface area contributed by atoms with Gasteiger partial charge in [0, 0.05) is 32.7 Å². The van der Waals surface area contributed by atoms with E-state index < -0.39 is 11.4 Å². The van der Waals surface area contributed by atoms with E-state index in [0.29, 0.717) is 6.61 Å². The van der Waals surface area contributed by atoms with Crippen molar-refractivity contribution < 1.29 is 14.6 Å². The summed E-state index contributed by atoms with van der Waals surface area (Å²) in [6.07, 6.45) is 3.38. The largest absolute Gasteiger partial charge is 0.481 e. The van der Waals surface area contributed by atoms with Gasteiger partial charge in [-0.1, -0.05) is 0 Å². The fourth-order valence-corrected chi connectivity index (χ4v) is 3.52. The number of carboxylic acids is 1. The molecule has 0 amide bonds.